The van der Waals surface area contributed by atoms with Crippen LogP contribution in [0.2, 0.25) is 0 Å². The van der Waals surface area contributed by atoms with Gasteiger partial charge in [0.1, 0.15) is 13.2 Å². The smallest absolute Gasteiger partial charge is 0.257 e. The number of nitrogens with zero attached hydrogens (tertiary/aromatic N) is 3. The molecule has 1 fully saturated rings. The van der Waals surface area contributed by atoms with Gasteiger partial charge >= 0.3 is 0 Å². The number of aryl methyl sites for hydroxylation is 2. The second-order valence-electron chi connectivity index (χ2n) is 7.52. The average molecular weight is 388 g/mol. The molecule has 6 heteroatoms. The highest BCUT2D eigenvalue weighted by atomic mass is 32.1. The van der Waals surface area contributed by atoms with Crippen molar-refractivity contribution in [3.05, 3.63) is 46.9 Å². The van der Waals surface area contributed by atoms with E-state index in [1.165, 1.54) is 12.0 Å². The molecule has 2 aliphatic heterocycles. The van der Waals surface area contributed by atoms with Crippen LogP contribution in [-0.2, 0) is 6.42 Å². The van der Waals surface area contributed by atoms with E-state index in [-0.39, 0.29) is 19.5 Å². The van der Waals surface area contributed by atoms with Crippen molar-refractivity contribution in [1.29, 1.82) is 0 Å². The SMILES string of the molecule is Cc1cc(C[C@H]2CCN(C(C)c3ccc4c(n3)OCCO4)C2)cc(C)n1.S. The van der Waals surface area contributed by atoms with Gasteiger partial charge in [-0.05, 0) is 75.9 Å². The van der Waals surface area contributed by atoms with Crippen LogP contribution in [0.3, 0.4) is 0 Å². The molecule has 27 heavy (non-hydrogen) atoms. The zero-order chi connectivity index (χ0) is 18.1. The number of ether oxygens (including phenoxy) is 2. The van der Waals surface area contributed by atoms with Crippen LogP contribution in [0, 0.1) is 19.8 Å². The first kappa shape index (κ1) is 20.0. The second-order valence-corrected chi connectivity index (χ2v) is 7.52. The normalized spacial score (nSPS) is 20.2. The van der Waals surface area contributed by atoms with Crippen LogP contribution in [0.25, 0.3) is 0 Å². The molecule has 1 unspecified atom stereocenters. The molecule has 4 rings (SSSR count). The highest BCUT2D eigenvalue weighted by Crippen LogP contribution is 2.33. The predicted molar refractivity (Wildman–Crippen MR) is 111 cm³/mol. The van der Waals surface area contributed by atoms with E-state index in [1.807, 2.05) is 6.07 Å². The van der Waals surface area contributed by atoms with Gasteiger partial charge in [0.2, 0.25) is 0 Å². The van der Waals surface area contributed by atoms with Crippen LogP contribution in [0.1, 0.15) is 42.0 Å². The maximum atomic E-state index is 5.64. The monoisotopic (exact) mass is 387 g/mol. The lowest BCUT2D eigenvalue weighted by atomic mass is 9.98. The Kier molecular flexibility index (Phi) is 6.27. The number of hydrogen-bond acceptors (Lipinski definition) is 5. The maximum Gasteiger partial charge on any atom is 0.257 e. The minimum atomic E-state index is 0. The van der Waals surface area contributed by atoms with Gasteiger partial charge in [-0.25, -0.2) is 4.98 Å². The molecule has 2 aromatic heterocycles. The van der Waals surface area contributed by atoms with Crippen molar-refractivity contribution in [1.82, 2.24) is 14.9 Å². The molecule has 4 heterocycles. The molecule has 0 bridgehead atoms. The zero-order valence-electron chi connectivity index (χ0n) is 16.4. The van der Waals surface area contributed by atoms with Crippen molar-refractivity contribution < 1.29 is 9.47 Å². The molecule has 0 spiro atoms. The fourth-order valence-corrected chi connectivity index (χ4v) is 4.12. The van der Waals surface area contributed by atoms with Gasteiger partial charge in [0, 0.05) is 24.0 Å². The molecule has 2 aromatic rings. The van der Waals surface area contributed by atoms with E-state index >= 15 is 0 Å². The van der Waals surface area contributed by atoms with E-state index in [1.54, 1.807) is 0 Å². The van der Waals surface area contributed by atoms with Gasteiger partial charge in [-0.15, -0.1) is 0 Å². The molecule has 5 nitrogen and oxygen atoms in total. The first-order valence-electron chi connectivity index (χ1n) is 9.53. The Labute approximate surface area is 168 Å². The quantitative estimate of drug-likeness (QED) is 0.802. The van der Waals surface area contributed by atoms with Crippen molar-refractivity contribution in [3.8, 4) is 11.6 Å². The lowest BCUT2D eigenvalue weighted by Gasteiger charge is -2.25. The summed E-state index contributed by atoms with van der Waals surface area (Å²) in [5.74, 6) is 2.09. The largest absolute Gasteiger partial charge is 0.484 e. The summed E-state index contributed by atoms with van der Waals surface area (Å²) in [5.41, 5.74) is 4.70. The van der Waals surface area contributed by atoms with E-state index < -0.39 is 0 Å². The third-order valence-electron chi connectivity index (χ3n) is 5.39. The van der Waals surface area contributed by atoms with Crippen molar-refractivity contribution >= 4 is 13.5 Å². The molecule has 2 atom stereocenters. The van der Waals surface area contributed by atoms with Gasteiger partial charge in [-0.3, -0.25) is 9.88 Å². The molecule has 1 saturated heterocycles. The molecule has 0 amide bonds. The summed E-state index contributed by atoms with van der Waals surface area (Å²) < 4.78 is 11.2. The molecule has 0 aliphatic carbocycles. The Bertz CT molecular complexity index is 779. The van der Waals surface area contributed by atoms with Gasteiger partial charge in [-0.2, -0.15) is 13.5 Å². The van der Waals surface area contributed by atoms with Gasteiger partial charge in [0.25, 0.3) is 5.88 Å². The number of aromatic nitrogens is 2. The molecule has 0 aromatic carbocycles. The topological polar surface area (TPSA) is 47.5 Å². The van der Waals surface area contributed by atoms with E-state index in [2.05, 4.69) is 48.9 Å². The standard InChI is InChI=1S/C21H27N3O2.H2S/c1-14-10-18(11-15(2)22-14)12-17-6-7-24(13-17)16(3)19-4-5-20-21(23-19)26-9-8-25-20;/h4-5,10-11,16-17H,6-9,12-13H2,1-3H3;1H2/t16?,17-;/m1./s1. The number of fused-ring (bicyclic) bond motifs is 1. The molecule has 146 valence electrons. The van der Waals surface area contributed by atoms with E-state index in [4.69, 9.17) is 14.5 Å². The third kappa shape index (κ3) is 4.55. The van der Waals surface area contributed by atoms with E-state index in [0.717, 1.165) is 42.3 Å². The fraction of sp³-hybridized carbons (Fsp3) is 0.524. The van der Waals surface area contributed by atoms with Crippen LogP contribution < -0.4 is 9.47 Å². The summed E-state index contributed by atoms with van der Waals surface area (Å²) in [6.45, 7) is 9.80. The lowest BCUT2D eigenvalue weighted by molar-refractivity contribution is 0.162. The maximum absolute atomic E-state index is 5.64. The summed E-state index contributed by atoms with van der Waals surface area (Å²) in [6.07, 6.45) is 2.36. The lowest BCUT2D eigenvalue weighted by Crippen LogP contribution is -2.26. The summed E-state index contributed by atoms with van der Waals surface area (Å²) in [7, 11) is 0. The summed E-state index contributed by atoms with van der Waals surface area (Å²) in [4.78, 5) is 11.7. The molecule has 0 saturated carbocycles. The highest BCUT2D eigenvalue weighted by Gasteiger charge is 2.28. The van der Waals surface area contributed by atoms with Crippen molar-refractivity contribution in [2.45, 2.75) is 39.7 Å². The number of rotatable bonds is 4. The second kappa shape index (κ2) is 8.48. The third-order valence-corrected chi connectivity index (χ3v) is 5.39. The first-order valence-corrected chi connectivity index (χ1v) is 9.53. The average Bonchev–Trinajstić information content (AvgIpc) is 3.08. The Hall–Kier alpha value is -1.79. The minimum absolute atomic E-state index is 0. The van der Waals surface area contributed by atoms with Crippen molar-refractivity contribution in [3.63, 3.8) is 0 Å². The summed E-state index contributed by atoms with van der Waals surface area (Å²) >= 11 is 0. The first-order chi connectivity index (χ1) is 12.6. The summed E-state index contributed by atoms with van der Waals surface area (Å²) in [5, 5.41) is 0. The Morgan fingerprint density at radius 1 is 1.11 bits per heavy atom. The van der Waals surface area contributed by atoms with Crippen LogP contribution in [0.5, 0.6) is 11.6 Å². The molecule has 2 aliphatic rings. The molecular weight excluding hydrogens is 358 g/mol. The van der Waals surface area contributed by atoms with Gasteiger partial charge < -0.3 is 9.47 Å². The van der Waals surface area contributed by atoms with Crippen LogP contribution in [-0.4, -0.2) is 41.2 Å². The van der Waals surface area contributed by atoms with Gasteiger partial charge in [0.15, 0.2) is 5.75 Å². The van der Waals surface area contributed by atoms with Gasteiger partial charge in [-0.1, -0.05) is 0 Å². The molecule has 0 radical (unpaired) electrons. The van der Waals surface area contributed by atoms with E-state index in [9.17, 15) is 0 Å². The van der Waals surface area contributed by atoms with Crippen LogP contribution in [0.4, 0.5) is 0 Å². The zero-order valence-corrected chi connectivity index (χ0v) is 17.4. The van der Waals surface area contributed by atoms with Gasteiger partial charge in [0.05, 0.1) is 5.69 Å². The van der Waals surface area contributed by atoms with E-state index in [0.29, 0.717) is 25.0 Å². The van der Waals surface area contributed by atoms with Crippen molar-refractivity contribution in [2.24, 2.45) is 5.92 Å². The molecule has 0 N–H and O–H groups in total. The number of hydrogen-bond donors (Lipinski definition) is 0. The fourth-order valence-electron chi connectivity index (χ4n) is 4.12. The summed E-state index contributed by atoms with van der Waals surface area (Å²) in [6, 6.07) is 8.80. The van der Waals surface area contributed by atoms with Crippen LogP contribution in [0.15, 0.2) is 24.3 Å². The molecular formula is C21H29N3O2S. The highest BCUT2D eigenvalue weighted by molar-refractivity contribution is 7.59. The van der Waals surface area contributed by atoms with Crippen LogP contribution >= 0.6 is 13.5 Å². The Morgan fingerprint density at radius 3 is 2.63 bits per heavy atom. The minimum Gasteiger partial charge on any atom is -0.484 e. The Balaban J connectivity index is 0.00000210. The Morgan fingerprint density at radius 2 is 1.85 bits per heavy atom. The predicted octanol–water partition coefficient (Wildman–Crippen LogP) is 3.60. The van der Waals surface area contributed by atoms with Crippen molar-refractivity contribution in [2.75, 3.05) is 26.3 Å². The number of likely N-dealkylation sites (tertiary alicyclic amines) is 1. The number of pyridine rings is 2.